The van der Waals surface area contributed by atoms with Gasteiger partial charge in [0.05, 0.1) is 28.7 Å². The lowest BCUT2D eigenvalue weighted by Gasteiger charge is -2.34. The fourth-order valence-corrected chi connectivity index (χ4v) is 4.85. The topological polar surface area (TPSA) is 115 Å². The first-order chi connectivity index (χ1) is 15.9. The van der Waals surface area contributed by atoms with Crippen molar-refractivity contribution in [3.8, 4) is 10.4 Å². The van der Waals surface area contributed by atoms with Crippen molar-refractivity contribution in [3.05, 3.63) is 41.0 Å². The Morgan fingerprint density at radius 3 is 2.44 bits per heavy atom. The number of rotatable bonds is 6. The number of ether oxygens (including phenoxy) is 1. The number of hydrogen-bond donors (Lipinski definition) is 2. The highest BCUT2D eigenvalue weighted by atomic mass is 32.1. The van der Waals surface area contributed by atoms with Crippen LogP contribution in [-0.2, 0) is 14.3 Å². The van der Waals surface area contributed by atoms with Gasteiger partial charge in [0.2, 0.25) is 5.91 Å². The first kappa shape index (κ1) is 25.6. The molecule has 2 aromatic rings. The van der Waals surface area contributed by atoms with E-state index in [9.17, 15) is 18.8 Å². The molecule has 3 amide bonds. The van der Waals surface area contributed by atoms with Gasteiger partial charge in [-0.2, -0.15) is 0 Å². The van der Waals surface area contributed by atoms with Crippen LogP contribution < -0.4 is 11.1 Å². The minimum atomic E-state index is -1.36. The summed E-state index contributed by atoms with van der Waals surface area (Å²) >= 11 is 1.56. The van der Waals surface area contributed by atoms with Crippen molar-refractivity contribution in [1.29, 1.82) is 0 Å². The minimum absolute atomic E-state index is 0.124. The van der Waals surface area contributed by atoms with E-state index in [1.165, 1.54) is 0 Å². The second-order valence-corrected chi connectivity index (χ2v) is 10.5. The van der Waals surface area contributed by atoms with Gasteiger partial charge in [-0.1, -0.05) is 45.0 Å². The number of thiazole rings is 1. The molecule has 1 aromatic heterocycles. The number of nitrogens with two attached hydrogens (primary N) is 1. The van der Waals surface area contributed by atoms with E-state index in [0.29, 0.717) is 0 Å². The first-order valence-electron chi connectivity index (χ1n) is 11.1. The molecule has 1 fully saturated rings. The molecule has 1 aromatic carbocycles. The van der Waals surface area contributed by atoms with Gasteiger partial charge >= 0.3 is 6.09 Å². The van der Waals surface area contributed by atoms with Gasteiger partial charge < -0.3 is 20.7 Å². The third kappa shape index (κ3) is 5.72. The van der Waals surface area contributed by atoms with Crippen LogP contribution in [0.25, 0.3) is 10.4 Å². The lowest BCUT2D eigenvalue weighted by atomic mass is 9.88. The van der Waals surface area contributed by atoms with E-state index < -0.39 is 41.6 Å². The monoisotopic (exact) mass is 490 g/mol. The Bertz CT molecular complexity index is 1050. The molecule has 10 heteroatoms. The number of nitrogens with one attached hydrogen (secondary N) is 1. The van der Waals surface area contributed by atoms with Gasteiger partial charge in [-0.15, -0.1) is 11.3 Å². The summed E-state index contributed by atoms with van der Waals surface area (Å²) in [5.41, 5.74) is 9.02. The van der Waals surface area contributed by atoms with Crippen LogP contribution in [0, 0.1) is 12.3 Å². The van der Waals surface area contributed by atoms with E-state index in [1.54, 1.807) is 37.6 Å². The summed E-state index contributed by atoms with van der Waals surface area (Å²) in [5, 5.41) is 2.89. The van der Waals surface area contributed by atoms with Crippen LogP contribution >= 0.6 is 11.3 Å². The van der Waals surface area contributed by atoms with Crippen LogP contribution in [0.15, 0.2) is 29.8 Å². The molecule has 1 aliphatic rings. The average Bonchev–Trinajstić information content (AvgIpc) is 3.36. The Balaban J connectivity index is 1.72. The number of carbonyl (C=O) groups is 3. The summed E-state index contributed by atoms with van der Waals surface area (Å²) in [6, 6.07) is 6.41. The Morgan fingerprint density at radius 1 is 1.26 bits per heavy atom. The Kier molecular flexibility index (Phi) is 7.60. The minimum Gasteiger partial charge on any atom is -0.436 e. The van der Waals surface area contributed by atoms with Crippen molar-refractivity contribution in [1.82, 2.24) is 15.2 Å². The highest BCUT2D eigenvalue weighted by Gasteiger charge is 2.46. The second kappa shape index (κ2) is 10.1. The molecule has 0 saturated carbocycles. The van der Waals surface area contributed by atoms with Gasteiger partial charge in [-0.25, -0.2) is 14.2 Å². The van der Waals surface area contributed by atoms with E-state index in [-0.39, 0.29) is 19.0 Å². The third-order valence-electron chi connectivity index (χ3n) is 5.86. The molecule has 34 heavy (non-hydrogen) atoms. The lowest BCUT2D eigenvalue weighted by molar-refractivity contribution is -0.150. The van der Waals surface area contributed by atoms with Gasteiger partial charge in [-0.05, 0) is 25.0 Å². The number of likely N-dealkylation sites (tertiary alicyclic amines) is 1. The van der Waals surface area contributed by atoms with Crippen LogP contribution in [0.2, 0.25) is 0 Å². The largest absolute Gasteiger partial charge is 0.436 e. The molecule has 4 atom stereocenters. The van der Waals surface area contributed by atoms with Crippen LogP contribution in [0.1, 0.15) is 51.4 Å². The number of hydrogen-bond acceptors (Lipinski definition) is 6. The summed E-state index contributed by atoms with van der Waals surface area (Å²) in [6.07, 6.45) is -3.81. The standard InChI is InChI=1S/C24H31FN4O4S/c1-13(15-6-8-16(9-7-15)19-14(2)27-12-34-19)28-21(30)18-10-17(25)11-29(18)22(31)20(24(3,4)5)33-23(26)32/h6-9,12-13,17-18,20H,10-11H2,1-5H3,(H2,26,32)(H,28,30)/t13?,17-,18-,20?/m0/s1. The van der Waals surface area contributed by atoms with Gasteiger partial charge in [0.1, 0.15) is 12.2 Å². The van der Waals surface area contributed by atoms with Crippen molar-refractivity contribution in [2.45, 2.75) is 65.4 Å². The number of benzene rings is 1. The molecule has 0 bridgehead atoms. The number of halogens is 1. The highest BCUT2D eigenvalue weighted by Crippen LogP contribution is 2.30. The van der Waals surface area contributed by atoms with Crippen molar-refractivity contribution in [2.24, 2.45) is 11.1 Å². The maximum Gasteiger partial charge on any atom is 0.405 e. The van der Waals surface area contributed by atoms with E-state index in [1.807, 2.05) is 38.1 Å². The Morgan fingerprint density at radius 2 is 1.91 bits per heavy atom. The Labute approximate surface area is 202 Å². The zero-order chi connectivity index (χ0) is 25.2. The highest BCUT2D eigenvalue weighted by molar-refractivity contribution is 7.13. The van der Waals surface area contributed by atoms with Gasteiger partial charge in [0.25, 0.3) is 5.91 Å². The number of amides is 3. The smallest absolute Gasteiger partial charge is 0.405 e. The molecular weight excluding hydrogens is 459 g/mol. The number of alkyl halides is 1. The average molecular weight is 491 g/mol. The molecule has 8 nitrogen and oxygen atoms in total. The number of aryl methyl sites for hydroxylation is 1. The van der Waals surface area contributed by atoms with Crippen molar-refractivity contribution in [3.63, 3.8) is 0 Å². The lowest BCUT2D eigenvalue weighted by Crippen LogP contribution is -2.53. The predicted molar refractivity (Wildman–Crippen MR) is 128 cm³/mol. The maximum absolute atomic E-state index is 14.3. The van der Waals surface area contributed by atoms with E-state index in [4.69, 9.17) is 10.5 Å². The van der Waals surface area contributed by atoms with Crippen LogP contribution in [-0.4, -0.2) is 52.7 Å². The van der Waals surface area contributed by atoms with Gasteiger partial charge in [-0.3, -0.25) is 9.59 Å². The number of aromatic nitrogens is 1. The van der Waals surface area contributed by atoms with Crippen molar-refractivity contribution < 1.29 is 23.5 Å². The summed E-state index contributed by atoms with van der Waals surface area (Å²) in [5.74, 6) is -1.10. The molecule has 0 spiro atoms. The normalized spacial score (nSPS) is 20.0. The Hall–Kier alpha value is -3.01. The summed E-state index contributed by atoms with van der Waals surface area (Å²) in [4.78, 5) is 44.1. The molecule has 3 rings (SSSR count). The molecule has 2 heterocycles. The molecule has 2 unspecified atom stereocenters. The van der Waals surface area contributed by atoms with Crippen LogP contribution in [0.3, 0.4) is 0 Å². The number of primary amides is 1. The van der Waals surface area contributed by atoms with Crippen molar-refractivity contribution in [2.75, 3.05) is 6.54 Å². The first-order valence-corrected chi connectivity index (χ1v) is 12.0. The van der Waals surface area contributed by atoms with E-state index in [0.717, 1.165) is 26.6 Å². The molecular formula is C24H31FN4O4S. The second-order valence-electron chi connectivity index (χ2n) is 9.64. The molecule has 0 aliphatic carbocycles. The zero-order valence-electron chi connectivity index (χ0n) is 20.0. The van der Waals surface area contributed by atoms with Crippen LogP contribution in [0.5, 0.6) is 0 Å². The summed E-state index contributed by atoms with van der Waals surface area (Å²) < 4.78 is 19.4. The van der Waals surface area contributed by atoms with Crippen molar-refractivity contribution >= 4 is 29.2 Å². The molecule has 1 saturated heterocycles. The van der Waals surface area contributed by atoms with Crippen LogP contribution in [0.4, 0.5) is 9.18 Å². The number of carbonyl (C=O) groups excluding carboxylic acids is 3. The molecule has 1 aliphatic heterocycles. The van der Waals surface area contributed by atoms with E-state index in [2.05, 4.69) is 10.3 Å². The quantitative estimate of drug-likeness (QED) is 0.640. The SMILES string of the molecule is Cc1ncsc1-c1ccc(C(C)NC(=O)[C@@H]2C[C@H](F)CN2C(=O)C(OC(N)=O)C(C)(C)C)cc1. The zero-order valence-corrected chi connectivity index (χ0v) is 20.8. The summed E-state index contributed by atoms with van der Waals surface area (Å²) in [7, 11) is 0. The molecule has 0 radical (unpaired) electrons. The fraction of sp³-hybridized carbons (Fsp3) is 0.500. The molecule has 184 valence electrons. The maximum atomic E-state index is 14.3. The van der Waals surface area contributed by atoms with Gasteiger partial charge in [0, 0.05) is 11.8 Å². The predicted octanol–water partition coefficient (Wildman–Crippen LogP) is 3.74. The van der Waals surface area contributed by atoms with E-state index >= 15 is 0 Å². The fourth-order valence-electron chi connectivity index (χ4n) is 4.04. The number of nitrogens with zero attached hydrogens (tertiary/aromatic N) is 2. The summed E-state index contributed by atoms with van der Waals surface area (Å²) in [6.45, 7) is 8.65. The third-order valence-corrected chi connectivity index (χ3v) is 6.84. The van der Waals surface area contributed by atoms with Gasteiger partial charge in [0.15, 0.2) is 6.10 Å². The molecule has 3 N–H and O–H groups in total.